The van der Waals surface area contributed by atoms with E-state index in [0.717, 1.165) is 30.4 Å². The summed E-state index contributed by atoms with van der Waals surface area (Å²) in [4.78, 5) is 11.8. The Hall–Kier alpha value is -1.75. The Morgan fingerprint density at radius 1 is 1.43 bits per heavy atom. The molecule has 0 saturated carbocycles. The molecule has 5 nitrogen and oxygen atoms in total. The standard InChI is InChI=1S/C18H26O5/c1-5-6-7-8-11-9-13(22-4)12-10-14(18(2,3)21)23-16(12)15(11)17(19)20/h9,14,21H,5-8,10H2,1-4H3,(H,19,20)/t14-/m0/s1. The van der Waals surface area contributed by atoms with Crippen LogP contribution in [0.3, 0.4) is 0 Å². The number of carbonyl (C=O) groups is 1. The molecule has 1 aliphatic rings. The van der Waals surface area contributed by atoms with Crippen LogP contribution in [0.1, 0.15) is 61.5 Å². The van der Waals surface area contributed by atoms with E-state index in [2.05, 4.69) is 6.92 Å². The number of carboxylic acid groups (broad SMARTS) is 1. The first-order chi connectivity index (χ1) is 10.8. The molecule has 0 bridgehead atoms. The summed E-state index contributed by atoms with van der Waals surface area (Å²) in [5.41, 5.74) is 0.625. The van der Waals surface area contributed by atoms with Crippen molar-refractivity contribution in [2.45, 2.75) is 64.6 Å². The molecule has 2 N–H and O–H groups in total. The summed E-state index contributed by atoms with van der Waals surface area (Å²) in [7, 11) is 1.57. The average molecular weight is 322 g/mol. The van der Waals surface area contributed by atoms with Crippen molar-refractivity contribution in [1.82, 2.24) is 0 Å². The van der Waals surface area contributed by atoms with Crippen molar-refractivity contribution in [2.24, 2.45) is 0 Å². The molecule has 1 aromatic rings. The number of aliphatic hydroxyl groups is 1. The van der Waals surface area contributed by atoms with Gasteiger partial charge in [-0.25, -0.2) is 4.79 Å². The van der Waals surface area contributed by atoms with Crippen LogP contribution in [-0.2, 0) is 12.8 Å². The molecule has 0 spiro atoms. The highest BCUT2D eigenvalue weighted by Crippen LogP contribution is 2.43. The fourth-order valence-corrected chi connectivity index (χ4v) is 2.99. The van der Waals surface area contributed by atoms with Crippen LogP contribution in [0.2, 0.25) is 0 Å². The Bertz CT molecular complexity index is 586. The van der Waals surface area contributed by atoms with Crippen LogP contribution < -0.4 is 9.47 Å². The third-order valence-electron chi connectivity index (χ3n) is 4.35. The van der Waals surface area contributed by atoms with Crippen molar-refractivity contribution < 1.29 is 24.5 Å². The second-order valence-electron chi connectivity index (χ2n) is 6.65. The number of aromatic carboxylic acids is 1. The fourth-order valence-electron chi connectivity index (χ4n) is 2.99. The van der Waals surface area contributed by atoms with Crippen LogP contribution in [0.15, 0.2) is 6.07 Å². The normalized spacial score (nSPS) is 16.8. The second-order valence-corrected chi connectivity index (χ2v) is 6.65. The molecule has 0 amide bonds. The van der Waals surface area contributed by atoms with Gasteiger partial charge in [-0.15, -0.1) is 0 Å². The molecule has 0 aromatic heterocycles. The van der Waals surface area contributed by atoms with Crippen molar-refractivity contribution in [1.29, 1.82) is 0 Å². The third-order valence-corrected chi connectivity index (χ3v) is 4.35. The lowest BCUT2D eigenvalue weighted by Gasteiger charge is -2.24. The minimum absolute atomic E-state index is 0.212. The van der Waals surface area contributed by atoms with Gasteiger partial charge in [0.1, 0.15) is 23.2 Å². The Balaban J connectivity index is 2.47. The molecular formula is C18H26O5. The van der Waals surface area contributed by atoms with Gasteiger partial charge in [-0.1, -0.05) is 19.8 Å². The van der Waals surface area contributed by atoms with E-state index in [0.29, 0.717) is 24.3 Å². The van der Waals surface area contributed by atoms with Gasteiger partial charge in [-0.05, 0) is 38.3 Å². The van der Waals surface area contributed by atoms with Crippen molar-refractivity contribution in [2.75, 3.05) is 7.11 Å². The van der Waals surface area contributed by atoms with Gasteiger partial charge in [0.25, 0.3) is 0 Å². The molecule has 0 aliphatic carbocycles. The molecule has 1 atom stereocenters. The smallest absolute Gasteiger partial charge is 0.339 e. The molecule has 1 aromatic carbocycles. The molecule has 0 unspecified atom stereocenters. The van der Waals surface area contributed by atoms with Gasteiger partial charge in [0.05, 0.1) is 12.7 Å². The number of hydrogen-bond donors (Lipinski definition) is 2. The zero-order valence-electron chi connectivity index (χ0n) is 14.3. The molecule has 0 fully saturated rings. The minimum Gasteiger partial charge on any atom is -0.496 e. The summed E-state index contributed by atoms with van der Waals surface area (Å²) in [5, 5.41) is 19.9. The summed E-state index contributed by atoms with van der Waals surface area (Å²) in [6, 6.07) is 1.81. The van der Waals surface area contributed by atoms with Crippen molar-refractivity contribution >= 4 is 5.97 Å². The molecule has 2 rings (SSSR count). The minimum atomic E-state index is -1.05. The van der Waals surface area contributed by atoms with Gasteiger partial charge in [0.15, 0.2) is 0 Å². The maximum absolute atomic E-state index is 11.8. The zero-order chi connectivity index (χ0) is 17.2. The molecule has 1 aliphatic heterocycles. The van der Waals surface area contributed by atoms with Gasteiger partial charge in [-0.3, -0.25) is 0 Å². The number of ether oxygens (including phenoxy) is 2. The monoisotopic (exact) mass is 322 g/mol. The number of methoxy groups -OCH3 is 1. The maximum atomic E-state index is 11.8. The van der Waals surface area contributed by atoms with Crippen LogP contribution in [0, 0.1) is 0 Å². The molecule has 0 radical (unpaired) electrons. The number of carboxylic acids is 1. The number of hydrogen-bond acceptors (Lipinski definition) is 4. The predicted molar refractivity (Wildman–Crippen MR) is 87.6 cm³/mol. The first kappa shape index (κ1) is 17.6. The van der Waals surface area contributed by atoms with Crippen LogP contribution in [0.5, 0.6) is 11.5 Å². The highest BCUT2D eigenvalue weighted by atomic mass is 16.5. The SMILES string of the molecule is CCCCCc1cc(OC)c2c(c1C(=O)O)O[C@H](C(C)(C)O)C2. The van der Waals surface area contributed by atoms with E-state index in [9.17, 15) is 15.0 Å². The summed E-state index contributed by atoms with van der Waals surface area (Å²) in [6.07, 6.45) is 3.68. The van der Waals surface area contributed by atoms with Crippen LogP contribution >= 0.6 is 0 Å². The quantitative estimate of drug-likeness (QED) is 0.754. The fraction of sp³-hybridized carbons (Fsp3) is 0.611. The van der Waals surface area contributed by atoms with E-state index in [-0.39, 0.29) is 5.56 Å². The Kier molecular flexibility index (Phi) is 5.19. The van der Waals surface area contributed by atoms with Crippen LogP contribution in [0.4, 0.5) is 0 Å². The molecule has 5 heteroatoms. The molecule has 1 heterocycles. The molecule has 128 valence electrons. The first-order valence-electron chi connectivity index (χ1n) is 8.14. The number of rotatable bonds is 7. The number of unbranched alkanes of at least 4 members (excludes halogenated alkanes) is 2. The van der Waals surface area contributed by atoms with E-state index in [1.54, 1.807) is 21.0 Å². The first-order valence-corrected chi connectivity index (χ1v) is 8.14. The second kappa shape index (κ2) is 6.79. The van der Waals surface area contributed by atoms with E-state index in [4.69, 9.17) is 9.47 Å². The zero-order valence-corrected chi connectivity index (χ0v) is 14.3. The topological polar surface area (TPSA) is 76.0 Å². The Morgan fingerprint density at radius 2 is 2.13 bits per heavy atom. The van der Waals surface area contributed by atoms with E-state index in [1.165, 1.54) is 0 Å². The lowest BCUT2D eigenvalue weighted by molar-refractivity contribution is -0.0233. The van der Waals surface area contributed by atoms with E-state index < -0.39 is 17.7 Å². The van der Waals surface area contributed by atoms with Crippen molar-refractivity contribution in [3.63, 3.8) is 0 Å². The summed E-state index contributed by atoms with van der Waals surface area (Å²) in [6.45, 7) is 5.44. The maximum Gasteiger partial charge on any atom is 0.339 e. The predicted octanol–water partition coefficient (Wildman–Crippen LogP) is 3.20. The van der Waals surface area contributed by atoms with Crippen molar-refractivity contribution in [3.05, 3.63) is 22.8 Å². The summed E-state index contributed by atoms with van der Waals surface area (Å²) >= 11 is 0. The lowest BCUT2D eigenvalue weighted by Crippen LogP contribution is -2.39. The van der Waals surface area contributed by atoms with Crippen LogP contribution in [-0.4, -0.2) is 35.0 Å². The van der Waals surface area contributed by atoms with Gasteiger partial charge in [0, 0.05) is 12.0 Å². The highest BCUT2D eigenvalue weighted by Gasteiger charge is 2.39. The average Bonchev–Trinajstić information content (AvgIpc) is 2.90. The molecule has 0 saturated heterocycles. The van der Waals surface area contributed by atoms with Gasteiger partial charge >= 0.3 is 5.97 Å². The third kappa shape index (κ3) is 3.61. The van der Waals surface area contributed by atoms with E-state index >= 15 is 0 Å². The summed E-state index contributed by atoms with van der Waals surface area (Å²) in [5.74, 6) is 0.00511. The Labute approximate surface area is 137 Å². The Morgan fingerprint density at radius 3 is 2.65 bits per heavy atom. The lowest BCUT2D eigenvalue weighted by atomic mass is 9.93. The largest absolute Gasteiger partial charge is 0.496 e. The highest BCUT2D eigenvalue weighted by molar-refractivity contribution is 5.94. The van der Waals surface area contributed by atoms with Crippen LogP contribution in [0.25, 0.3) is 0 Å². The van der Waals surface area contributed by atoms with Crippen molar-refractivity contribution in [3.8, 4) is 11.5 Å². The number of benzene rings is 1. The molecular weight excluding hydrogens is 296 g/mol. The van der Waals surface area contributed by atoms with Gasteiger partial charge in [0.2, 0.25) is 0 Å². The van der Waals surface area contributed by atoms with E-state index in [1.807, 2.05) is 6.07 Å². The number of fused-ring (bicyclic) bond motifs is 1. The number of aryl methyl sites for hydroxylation is 1. The molecule has 23 heavy (non-hydrogen) atoms. The summed E-state index contributed by atoms with van der Waals surface area (Å²) < 4.78 is 11.3. The van der Waals surface area contributed by atoms with Gasteiger partial charge in [-0.2, -0.15) is 0 Å². The van der Waals surface area contributed by atoms with Gasteiger partial charge < -0.3 is 19.7 Å².